The largest absolute Gasteiger partial charge is 0.366 e. The summed E-state index contributed by atoms with van der Waals surface area (Å²) in [4.78, 5) is 0. The molecule has 0 aromatic carbocycles. The van der Waals surface area contributed by atoms with Gasteiger partial charge in [0.2, 0.25) is 0 Å². The van der Waals surface area contributed by atoms with Crippen LogP contribution >= 0.6 is 0 Å². The fourth-order valence-corrected chi connectivity index (χ4v) is 1.74. The third kappa shape index (κ3) is 5.10. The molecule has 90 valence electrons. The first-order chi connectivity index (χ1) is 7.72. The molecule has 0 saturated carbocycles. The Hall–Kier alpha value is -1.12. The van der Waals surface area contributed by atoms with Crippen molar-refractivity contribution in [3.63, 3.8) is 0 Å². The van der Waals surface area contributed by atoms with Gasteiger partial charge in [-0.1, -0.05) is 32.6 Å². The van der Waals surface area contributed by atoms with Crippen LogP contribution in [0.4, 0.5) is 5.82 Å². The van der Waals surface area contributed by atoms with Gasteiger partial charge in [-0.3, -0.25) is 0 Å². The van der Waals surface area contributed by atoms with Crippen molar-refractivity contribution in [1.29, 1.82) is 0 Å². The molecule has 16 heavy (non-hydrogen) atoms. The summed E-state index contributed by atoms with van der Waals surface area (Å²) in [5.41, 5.74) is 1.15. The van der Waals surface area contributed by atoms with Gasteiger partial charge in [0.05, 0.1) is 6.20 Å². The Morgan fingerprint density at radius 2 is 2.12 bits per heavy atom. The maximum Gasteiger partial charge on any atom is 0.149 e. The number of hydrogen-bond acceptors (Lipinski definition) is 3. The van der Waals surface area contributed by atoms with Gasteiger partial charge in [0.25, 0.3) is 0 Å². The van der Waals surface area contributed by atoms with Crippen molar-refractivity contribution in [2.75, 3.05) is 5.32 Å². The van der Waals surface area contributed by atoms with Crippen LogP contribution in [0.15, 0.2) is 12.3 Å². The number of rotatable bonds is 7. The lowest BCUT2D eigenvalue weighted by molar-refractivity contribution is 0.592. The molecule has 0 spiro atoms. The van der Waals surface area contributed by atoms with Gasteiger partial charge in [0.15, 0.2) is 0 Å². The molecule has 3 nitrogen and oxygen atoms in total. The molecule has 1 aromatic heterocycles. The van der Waals surface area contributed by atoms with E-state index in [9.17, 15) is 0 Å². The molecule has 1 unspecified atom stereocenters. The molecular formula is C13H23N3. The summed E-state index contributed by atoms with van der Waals surface area (Å²) in [6.45, 7) is 6.48. The molecule has 0 aliphatic heterocycles. The molecule has 0 amide bonds. The summed E-state index contributed by atoms with van der Waals surface area (Å²) in [6.07, 6.45) is 8.25. The van der Waals surface area contributed by atoms with Crippen LogP contribution in [0.3, 0.4) is 0 Å². The Labute approximate surface area is 98.7 Å². The summed E-state index contributed by atoms with van der Waals surface area (Å²) in [6, 6.07) is 2.52. The average Bonchev–Trinajstić information content (AvgIpc) is 2.24. The molecule has 1 N–H and O–H groups in total. The monoisotopic (exact) mass is 221 g/mol. The molecule has 0 fully saturated rings. The Morgan fingerprint density at radius 1 is 1.31 bits per heavy atom. The number of nitrogens with zero attached hydrogens (tertiary/aromatic N) is 2. The molecule has 0 aliphatic carbocycles. The lowest BCUT2D eigenvalue weighted by Crippen LogP contribution is -2.16. The van der Waals surface area contributed by atoms with Gasteiger partial charge >= 0.3 is 0 Å². The summed E-state index contributed by atoms with van der Waals surface area (Å²) in [7, 11) is 0. The van der Waals surface area contributed by atoms with Crippen molar-refractivity contribution in [1.82, 2.24) is 10.2 Å². The van der Waals surface area contributed by atoms with Gasteiger partial charge in [-0.25, -0.2) is 0 Å². The molecule has 0 aliphatic rings. The fraction of sp³-hybridized carbons (Fsp3) is 0.692. The smallest absolute Gasteiger partial charge is 0.149 e. The summed E-state index contributed by atoms with van der Waals surface area (Å²) < 4.78 is 0. The zero-order valence-electron chi connectivity index (χ0n) is 10.7. The minimum atomic E-state index is 0.480. The Kier molecular flexibility index (Phi) is 5.83. The molecular weight excluding hydrogens is 198 g/mol. The normalized spacial score (nSPS) is 12.4. The number of aromatic nitrogens is 2. The first kappa shape index (κ1) is 12.9. The highest BCUT2D eigenvalue weighted by Gasteiger charge is 2.03. The molecule has 1 heterocycles. The van der Waals surface area contributed by atoms with E-state index in [1.54, 1.807) is 6.20 Å². The van der Waals surface area contributed by atoms with Crippen LogP contribution in [-0.2, 0) is 0 Å². The topological polar surface area (TPSA) is 37.8 Å². The second kappa shape index (κ2) is 7.20. The Morgan fingerprint density at radius 3 is 2.81 bits per heavy atom. The van der Waals surface area contributed by atoms with Crippen molar-refractivity contribution in [2.45, 2.75) is 58.9 Å². The fourth-order valence-electron chi connectivity index (χ4n) is 1.74. The van der Waals surface area contributed by atoms with E-state index in [2.05, 4.69) is 29.4 Å². The molecule has 0 bridgehead atoms. The van der Waals surface area contributed by atoms with E-state index in [4.69, 9.17) is 0 Å². The van der Waals surface area contributed by atoms with Crippen molar-refractivity contribution >= 4 is 5.82 Å². The minimum absolute atomic E-state index is 0.480. The van der Waals surface area contributed by atoms with Crippen LogP contribution in [0.1, 0.15) is 51.5 Å². The lowest BCUT2D eigenvalue weighted by Gasteiger charge is -2.13. The first-order valence-corrected chi connectivity index (χ1v) is 6.28. The summed E-state index contributed by atoms with van der Waals surface area (Å²) in [5.74, 6) is 0.892. The van der Waals surface area contributed by atoms with Crippen molar-refractivity contribution < 1.29 is 0 Å². The highest BCUT2D eigenvalue weighted by atomic mass is 15.2. The molecule has 1 rings (SSSR count). The van der Waals surface area contributed by atoms with Crippen LogP contribution < -0.4 is 5.32 Å². The van der Waals surface area contributed by atoms with Gasteiger partial charge in [-0.05, 0) is 31.9 Å². The van der Waals surface area contributed by atoms with Gasteiger partial charge in [-0.15, -0.1) is 5.10 Å². The minimum Gasteiger partial charge on any atom is -0.366 e. The van der Waals surface area contributed by atoms with E-state index < -0.39 is 0 Å². The highest BCUT2D eigenvalue weighted by molar-refractivity contribution is 5.35. The Balaban J connectivity index is 2.25. The number of aryl methyl sites for hydroxylation is 1. The second-order valence-electron chi connectivity index (χ2n) is 4.51. The number of nitrogens with one attached hydrogen (secondary N) is 1. The van der Waals surface area contributed by atoms with Crippen LogP contribution in [0.2, 0.25) is 0 Å². The zero-order valence-corrected chi connectivity index (χ0v) is 10.7. The highest BCUT2D eigenvalue weighted by Crippen LogP contribution is 2.10. The van der Waals surface area contributed by atoms with Gasteiger partial charge in [0.1, 0.15) is 5.82 Å². The predicted molar refractivity (Wildman–Crippen MR) is 68.6 cm³/mol. The molecule has 3 heteroatoms. The van der Waals surface area contributed by atoms with Gasteiger partial charge < -0.3 is 5.32 Å². The van der Waals surface area contributed by atoms with E-state index in [0.717, 1.165) is 11.4 Å². The van der Waals surface area contributed by atoms with Crippen LogP contribution in [0.25, 0.3) is 0 Å². The lowest BCUT2D eigenvalue weighted by atomic mass is 10.1. The third-order valence-electron chi connectivity index (χ3n) is 2.68. The number of unbranched alkanes of at least 4 members (excludes halogenated alkanes) is 3. The Bertz CT molecular complexity index is 299. The van der Waals surface area contributed by atoms with Crippen molar-refractivity contribution in [3.8, 4) is 0 Å². The standard InChI is InChI=1S/C13H23N3/c1-4-5-6-7-8-12(3)15-13-9-11(2)10-14-16-13/h9-10,12H,4-8H2,1-3H3,(H,15,16). The SMILES string of the molecule is CCCCCCC(C)Nc1cc(C)cnn1. The average molecular weight is 221 g/mol. The second-order valence-corrected chi connectivity index (χ2v) is 4.51. The van der Waals surface area contributed by atoms with Crippen LogP contribution in [-0.4, -0.2) is 16.2 Å². The summed E-state index contributed by atoms with van der Waals surface area (Å²) >= 11 is 0. The maximum atomic E-state index is 4.06. The van der Waals surface area contributed by atoms with Crippen molar-refractivity contribution in [2.24, 2.45) is 0 Å². The molecule has 1 atom stereocenters. The molecule has 1 aromatic rings. The zero-order chi connectivity index (χ0) is 11.8. The van der Waals surface area contributed by atoms with Crippen LogP contribution in [0.5, 0.6) is 0 Å². The van der Waals surface area contributed by atoms with Gasteiger partial charge in [-0.2, -0.15) is 5.10 Å². The first-order valence-electron chi connectivity index (χ1n) is 6.28. The van der Waals surface area contributed by atoms with E-state index in [1.807, 2.05) is 13.0 Å². The van der Waals surface area contributed by atoms with E-state index in [0.29, 0.717) is 6.04 Å². The predicted octanol–water partition coefficient (Wildman–Crippen LogP) is 3.56. The van der Waals surface area contributed by atoms with Crippen molar-refractivity contribution in [3.05, 3.63) is 17.8 Å². The maximum absolute atomic E-state index is 4.06. The van der Waals surface area contributed by atoms with Crippen LogP contribution in [0, 0.1) is 6.92 Å². The van der Waals surface area contributed by atoms with E-state index in [-0.39, 0.29) is 0 Å². The number of anilines is 1. The third-order valence-corrected chi connectivity index (χ3v) is 2.68. The van der Waals surface area contributed by atoms with Gasteiger partial charge in [0, 0.05) is 6.04 Å². The quantitative estimate of drug-likeness (QED) is 0.715. The van der Waals surface area contributed by atoms with E-state index >= 15 is 0 Å². The molecule has 0 radical (unpaired) electrons. The number of hydrogen-bond donors (Lipinski definition) is 1. The molecule has 0 saturated heterocycles. The summed E-state index contributed by atoms with van der Waals surface area (Å²) in [5, 5.41) is 11.4. The van der Waals surface area contributed by atoms with E-state index in [1.165, 1.54) is 32.1 Å².